The molecule has 0 bridgehead atoms. The van der Waals surface area contributed by atoms with Crippen molar-refractivity contribution in [1.82, 2.24) is 0 Å². The van der Waals surface area contributed by atoms with Crippen LogP contribution in [0.25, 0.3) is 83.5 Å². The fraction of sp³-hybridized carbons (Fsp3) is 0.200. The van der Waals surface area contributed by atoms with Crippen molar-refractivity contribution >= 4 is 79.9 Å². The fourth-order valence-electron chi connectivity index (χ4n) is 22.4. The zero-order valence-corrected chi connectivity index (χ0v) is 72.3. The highest BCUT2D eigenvalue weighted by atomic mass is 15.2. The summed E-state index contributed by atoms with van der Waals surface area (Å²) in [5.41, 5.74) is 43.2. The first kappa shape index (κ1) is 77.1. The van der Waals surface area contributed by atoms with Gasteiger partial charge in [-0.2, -0.15) is 0 Å². The van der Waals surface area contributed by atoms with E-state index in [1.807, 2.05) is 0 Å². The Balaban J connectivity index is 0.914. The Morgan fingerprint density at radius 2 is 0.734 bits per heavy atom. The average Bonchev–Trinajstić information content (AvgIpc) is 0.647. The van der Waals surface area contributed by atoms with Gasteiger partial charge >= 0.3 is 0 Å². The van der Waals surface area contributed by atoms with Crippen molar-refractivity contribution in [3.63, 3.8) is 0 Å². The molecule has 124 heavy (non-hydrogen) atoms. The number of anilines is 9. The molecule has 2 heterocycles. The molecule has 0 spiro atoms. The molecule has 0 amide bonds. The van der Waals surface area contributed by atoms with Gasteiger partial charge in [0.25, 0.3) is 6.71 Å². The van der Waals surface area contributed by atoms with Crippen molar-refractivity contribution in [3.05, 3.63) is 415 Å². The topological polar surface area (TPSA) is 9.72 Å². The number of hydrogen-bond acceptors (Lipinski definition) is 3. The van der Waals surface area contributed by atoms with Gasteiger partial charge < -0.3 is 14.7 Å². The van der Waals surface area contributed by atoms with Crippen molar-refractivity contribution in [2.24, 2.45) is 28.6 Å². The van der Waals surface area contributed by atoms with Gasteiger partial charge in [-0.05, 0) is 250 Å². The molecule has 14 aromatic rings. The van der Waals surface area contributed by atoms with Gasteiger partial charge in [0.15, 0.2) is 0 Å². The van der Waals surface area contributed by atoms with Gasteiger partial charge in [0.05, 0.1) is 17.1 Å². The van der Waals surface area contributed by atoms with Crippen LogP contribution in [0.4, 0.5) is 51.2 Å². The Hall–Kier alpha value is -13.0. The maximum atomic E-state index is 2.81. The van der Waals surface area contributed by atoms with E-state index in [2.05, 4.69) is 426 Å². The molecule has 14 aromatic carbocycles. The predicted molar refractivity (Wildman–Crippen MR) is 527 cm³/mol. The zero-order valence-electron chi connectivity index (χ0n) is 72.3. The summed E-state index contributed by atoms with van der Waals surface area (Å²) in [6.07, 6.45) is 28.9. The second-order valence-corrected chi connectivity index (χ2v) is 38.3. The van der Waals surface area contributed by atoms with Gasteiger partial charge in [0, 0.05) is 68.2 Å². The molecule has 2 aliphatic heterocycles. The van der Waals surface area contributed by atoms with Crippen molar-refractivity contribution < 1.29 is 0 Å². The Kier molecular flexibility index (Phi) is 19.7. The number of allylic oxidation sites excluding steroid dienone is 12. The third kappa shape index (κ3) is 13.9. The van der Waals surface area contributed by atoms with Crippen molar-refractivity contribution in [1.29, 1.82) is 0 Å². The molecule has 3 unspecified atom stereocenters. The average molecular weight is 1600 g/mol. The van der Waals surface area contributed by atoms with Gasteiger partial charge in [-0.15, -0.1) is 0 Å². The summed E-state index contributed by atoms with van der Waals surface area (Å²) in [4.78, 5) is 8.19. The fourth-order valence-corrected chi connectivity index (χ4v) is 22.4. The lowest BCUT2D eigenvalue weighted by atomic mass is 9.33. The number of hydrogen-bond donors (Lipinski definition) is 0. The molecule has 2 saturated carbocycles. The summed E-state index contributed by atoms with van der Waals surface area (Å²) in [6, 6.07) is 129. The van der Waals surface area contributed by atoms with Crippen LogP contribution in [0.3, 0.4) is 0 Å². The lowest BCUT2D eigenvalue weighted by Gasteiger charge is -2.48. The van der Waals surface area contributed by atoms with E-state index in [0.717, 1.165) is 46.2 Å². The molecule has 0 N–H and O–H groups in total. The molecule has 0 radical (unpaired) electrons. The maximum Gasteiger partial charge on any atom is 0.252 e. The summed E-state index contributed by atoms with van der Waals surface area (Å²) in [7, 11) is 0. The lowest BCUT2D eigenvalue weighted by Crippen LogP contribution is -2.61. The predicted octanol–water partition coefficient (Wildman–Crippen LogP) is 31.4. The van der Waals surface area contributed by atoms with E-state index in [4.69, 9.17) is 0 Å². The molecule has 604 valence electrons. The van der Waals surface area contributed by atoms with E-state index in [-0.39, 0.29) is 23.5 Å². The van der Waals surface area contributed by atoms with Crippen LogP contribution < -0.4 is 31.1 Å². The number of rotatable bonds is 15. The second-order valence-electron chi connectivity index (χ2n) is 38.3. The van der Waals surface area contributed by atoms with E-state index in [1.165, 1.54) is 220 Å². The van der Waals surface area contributed by atoms with E-state index in [9.17, 15) is 0 Å². The van der Waals surface area contributed by atoms with Crippen LogP contribution in [-0.2, 0) is 0 Å². The normalized spacial score (nSPS) is 17.8. The third-order valence-electron chi connectivity index (χ3n) is 28.7. The van der Waals surface area contributed by atoms with E-state index in [1.54, 1.807) is 0 Å². The molecule has 0 saturated heterocycles. The first-order chi connectivity index (χ1) is 60.8. The van der Waals surface area contributed by atoms with Crippen molar-refractivity contribution in [3.8, 4) is 77.9 Å². The highest BCUT2D eigenvalue weighted by Gasteiger charge is 2.49. The molecule has 8 aliphatic rings. The number of fused-ring (bicyclic) bond motifs is 4. The standard InChI is InChI=1S/C120H106BN3/c1-119(2,3)97-66-92-52-53-93-67-98(120(4,5)6)76-107-102(73-96(68-97)114(92)115(93)107)91-59-65-110-109(74-91)121-108-64-58-90(81-38-20-9-21-39-81)75-111(108)124(118-105(88-48-30-14-31-49-88)71-95(83-42-24-11-25-43-83)72-106(118)89-50-32-15-33-51-89)113-78-101(122(99-60-54-84(55-61-99)79-34-16-7-17-35-79)100-62-56-85(57-63-100)80-36-18-8-19-37-80)77-112(116(113)121)123(110)117-103(86-44-26-12-27-45-86)69-94(82-40-22-10-23-41-82)70-104(117)87-46-28-13-29-47-87/h7-9,12-21,26-39,44-65,67-78,82-83,92,114-115H,10-11,22-25,40-43,66H2,1-6H3. The maximum absolute atomic E-state index is 2.81. The van der Waals surface area contributed by atoms with Crippen LogP contribution >= 0.6 is 0 Å². The molecule has 4 heteroatoms. The zero-order chi connectivity index (χ0) is 83.3. The van der Waals surface area contributed by atoms with Gasteiger partial charge in [-0.1, -0.05) is 383 Å². The summed E-state index contributed by atoms with van der Waals surface area (Å²) >= 11 is 0. The smallest absolute Gasteiger partial charge is 0.252 e. The minimum absolute atomic E-state index is 0.0125. The molecular formula is C120H106BN3. The largest absolute Gasteiger partial charge is 0.310 e. The Morgan fingerprint density at radius 1 is 0.323 bits per heavy atom. The van der Waals surface area contributed by atoms with Crippen molar-refractivity contribution in [2.45, 2.75) is 124 Å². The van der Waals surface area contributed by atoms with E-state index >= 15 is 0 Å². The van der Waals surface area contributed by atoms with Gasteiger partial charge in [-0.3, -0.25) is 0 Å². The number of nitrogens with zero attached hydrogens (tertiary/aromatic N) is 3. The van der Waals surface area contributed by atoms with E-state index in [0.29, 0.717) is 23.7 Å². The van der Waals surface area contributed by atoms with Crippen LogP contribution in [0.15, 0.2) is 398 Å². The molecular weight excluding hydrogens is 1490 g/mol. The van der Waals surface area contributed by atoms with Crippen molar-refractivity contribution in [2.75, 3.05) is 14.7 Å². The first-order valence-corrected chi connectivity index (χ1v) is 45.9. The minimum atomic E-state index is -0.296. The molecule has 0 aromatic heterocycles. The minimum Gasteiger partial charge on any atom is -0.310 e. The quantitative estimate of drug-likeness (QED) is 0.0947. The summed E-state index contributed by atoms with van der Waals surface area (Å²) in [5, 5.41) is 0. The van der Waals surface area contributed by atoms with E-state index < -0.39 is 0 Å². The third-order valence-corrected chi connectivity index (χ3v) is 28.7. The highest BCUT2D eigenvalue weighted by molar-refractivity contribution is 7.00. The highest BCUT2D eigenvalue weighted by Crippen LogP contribution is 2.60. The van der Waals surface area contributed by atoms with Crippen LogP contribution in [0.1, 0.15) is 141 Å². The molecule has 2 fully saturated rings. The Morgan fingerprint density at radius 3 is 1.18 bits per heavy atom. The molecule has 6 aliphatic carbocycles. The molecule has 22 rings (SSSR count). The van der Waals surface area contributed by atoms with Crippen LogP contribution in [0.2, 0.25) is 0 Å². The summed E-state index contributed by atoms with van der Waals surface area (Å²) in [5.74, 6) is 1.80. The molecule has 3 atom stereocenters. The molecule has 3 nitrogen and oxygen atoms in total. The van der Waals surface area contributed by atoms with Gasteiger partial charge in [0.2, 0.25) is 0 Å². The van der Waals surface area contributed by atoms with Crippen LogP contribution in [0.5, 0.6) is 0 Å². The first-order valence-electron chi connectivity index (χ1n) is 45.9. The summed E-state index contributed by atoms with van der Waals surface area (Å²) < 4.78 is 0. The summed E-state index contributed by atoms with van der Waals surface area (Å²) in [6.45, 7) is 14.2. The Labute approximate surface area is 734 Å². The van der Waals surface area contributed by atoms with Crippen LogP contribution in [-0.4, -0.2) is 6.71 Å². The SMILES string of the molecule is CC(C)(C)C1=CC2=C(c3ccc4c(c3)B3c5ccc(-c6ccccc6)cc5N(c5c(-c6ccccc6)cc(C6CCCCC6)cc5-c5ccccc5)c5cc(N(c6ccc(-c7ccccc7)cc6)c6ccc(-c7ccccc7)cc6)cc(c53)N4c3c(-c4ccccc4)cc(C4CCCCC4)cc3-c3ccccc3)C=C3C=C(C(C)(C)C)CC4C=CC(=C1)C2C34. The monoisotopic (exact) mass is 1600 g/mol. The van der Waals surface area contributed by atoms with Crippen LogP contribution in [0, 0.1) is 28.6 Å². The van der Waals surface area contributed by atoms with Gasteiger partial charge in [-0.25, -0.2) is 0 Å². The van der Waals surface area contributed by atoms with Gasteiger partial charge in [0.1, 0.15) is 0 Å². The second kappa shape index (κ2) is 31.7. The lowest BCUT2D eigenvalue weighted by molar-refractivity contribution is 0.328. The number of benzene rings is 14. The Bertz CT molecular complexity index is 6420.